The summed E-state index contributed by atoms with van der Waals surface area (Å²) >= 11 is 0. The third-order valence-corrected chi connectivity index (χ3v) is 4.30. The predicted molar refractivity (Wildman–Crippen MR) is 112 cm³/mol. The fourth-order valence-corrected chi connectivity index (χ4v) is 2.86. The van der Waals surface area contributed by atoms with E-state index in [0.717, 1.165) is 36.6 Å². The van der Waals surface area contributed by atoms with Crippen LogP contribution in [0.2, 0.25) is 0 Å². The molecule has 0 aliphatic carbocycles. The second-order valence-corrected chi connectivity index (χ2v) is 7.34. The lowest BCUT2D eigenvalue weighted by molar-refractivity contribution is -0.153. The van der Waals surface area contributed by atoms with E-state index in [1.165, 1.54) is 12.1 Å². The van der Waals surface area contributed by atoms with Gasteiger partial charge in [-0.1, -0.05) is 19.1 Å². The zero-order valence-corrected chi connectivity index (χ0v) is 17.9. The summed E-state index contributed by atoms with van der Waals surface area (Å²) < 4.78 is 43.4. The number of nitrogens with one attached hydrogen (secondary N) is 2. The summed E-state index contributed by atoms with van der Waals surface area (Å²) in [5.74, 6) is 1.22. The highest BCUT2D eigenvalue weighted by Crippen LogP contribution is 2.19. The Bertz CT molecular complexity index is 815. The van der Waals surface area contributed by atoms with Gasteiger partial charge in [0.05, 0.1) is 12.2 Å². The van der Waals surface area contributed by atoms with Crippen molar-refractivity contribution in [2.75, 3.05) is 19.7 Å². The van der Waals surface area contributed by atoms with Crippen molar-refractivity contribution in [1.29, 1.82) is 0 Å². The molecule has 166 valence electrons. The average molecular weight is 425 g/mol. The van der Waals surface area contributed by atoms with Crippen LogP contribution in [0.5, 0.6) is 5.75 Å². The fraction of sp³-hybridized carbons (Fsp3) is 0.524. The Morgan fingerprint density at radius 2 is 1.90 bits per heavy atom. The summed E-state index contributed by atoms with van der Waals surface area (Å²) in [5.41, 5.74) is 3.03. The highest BCUT2D eigenvalue weighted by molar-refractivity contribution is 5.79. The summed E-state index contributed by atoms with van der Waals surface area (Å²) in [6.07, 6.45) is -4.35. The van der Waals surface area contributed by atoms with Crippen molar-refractivity contribution in [3.63, 3.8) is 0 Å². The van der Waals surface area contributed by atoms with Crippen LogP contribution in [0.3, 0.4) is 0 Å². The molecular formula is C21H30F3N5O. The number of aromatic nitrogens is 2. The molecule has 0 aliphatic rings. The van der Waals surface area contributed by atoms with Gasteiger partial charge in [-0.25, -0.2) is 4.99 Å². The fourth-order valence-electron chi connectivity index (χ4n) is 2.86. The molecule has 0 saturated heterocycles. The Labute approximate surface area is 175 Å². The van der Waals surface area contributed by atoms with E-state index in [9.17, 15) is 13.2 Å². The molecule has 0 radical (unpaired) electrons. The molecule has 0 saturated carbocycles. The molecule has 2 N–H and O–H groups in total. The average Bonchev–Trinajstić information content (AvgIpc) is 2.99. The van der Waals surface area contributed by atoms with Gasteiger partial charge < -0.3 is 15.4 Å². The lowest BCUT2D eigenvalue weighted by atomic mass is 10.2. The van der Waals surface area contributed by atoms with E-state index < -0.39 is 12.8 Å². The van der Waals surface area contributed by atoms with Crippen LogP contribution in [0.15, 0.2) is 35.3 Å². The molecule has 6 nitrogen and oxygen atoms in total. The Kier molecular flexibility index (Phi) is 8.56. The molecule has 0 fully saturated rings. The molecule has 30 heavy (non-hydrogen) atoms. The summed E-state index contributed by atoms with van der Waals surface area (Å²) in [5, 5.41) is 11.0. The zero-order valence-electron chi connectivity index (χ0n) is 17.9. The maximum absolute atomic E-state index is 12.2. The van der Waals surface area contributed by atoms with Crippen LogP contribution in [-0.2, 0) is 13.1 Å². The van der Waals surface area contributed by atoms with E-state index in [-0.39, 0.29) is 5.75 Å². The van der Waals surface area contributed by atoms with E-state index in [1.54, 1.807) is 12.1 Å². The van der Waals surface area contributed by atoms with Crippen molar-refractivity contribution in [3.05, 3.63) is 47.3 Å². The molecule has 1 atom stereocenters. The van der Waals surface area contributed by atoms with E-state index >= 15 is 0 Å². The maximum Gasteiger partial charge on any atom is 0.422 e. The van der Waals surface area contributed by atoms with Gasteiger partial charge in [0.1, 0.15) is 5.75 Å². The lowest BCUT2D eigenvalue weighted by Gasteiger charge is -2.17. The van der Waals surface area contributed by atoms with Gasteiger partial charge in [-0.15, -0.1) is 0 Å². The van der Waals surface area contributed by atoms with Gasteiger partial charge in [0.2, 0.25) is 0 Å². The first kappa shape index (κ1) is 23.6. The number of aliphatic imine (C=N–C) groups is 1. The van der Waals surface area contributed by atoms with Gasteiger partial charge in [0.15, 0.2) is 12.6 Å². The standard InChI is InChI=1S/C21H30F3N5O/c1-5-25-20(26-11-15(2)13-29-17(4)10-16(3)28-29)27-12-18-6-8-19(9-7-18)30-14-21(22,23)24/h6-10,15H,5,11-14H2,1-4H3,(H2,25,26,27). The summed E-state index contributed by atoms with van der Waals surface area (Å²) in [7, 11) is 0. The largest absolute Gasteiger partial charge is 0.484 e. The topological polar surface area (TPSA) is 63.5 Å². The molecule has 0 amide bonds. The van der Waals surface area contributed by atoms with Gasteiger partial charge >= 0.3 is 6.18 Å². The van der Waals surface area contributed by atoms with Gasteiger partial charge in [0, 0.05) is 25.3 Å². The number of hydrogen-bond acceptors (Lipinski definition) is 3. The van der Waals surface area contributed by atoms with E-state index in [1.807, 2.05) is 25.5 Å². The van der Waals surface area contributed by atoms with Crippen LogP contribution in [0, 0.1) is 19.8 Å². The Morgan fingerprint density at radius 3 is 2.47 bits per heavy atom. The highest BCUT2D eigenvalue weighted by Gasteiger charge is 2.28. The van der Waals surface area contributed by atoms with Crippen LogP contribution in [0.1, 0.15) is 30.8 Å². The van der Waals surface area contributed by atoms with Crippen molar-refractivity contribution in [1.82, 2.24) is 20.4 Å². The summed E-state index contributed by atoms with van der Waals surface area (Å²) in [4.78, 5) is 4.55. The predicted octanol–water partition coefficient (Wildman–Crippen LogP) is 3.83. The van der Waals surface area contributed by atoms with E-state index in [2.05, 4.69) is 33.7 Å². The minimum absolute atomic E-state index is 0.183. The molecular weight excluding hydrogens is 395 g/mol. The summed E-state index contributed by atoms with van der Waals surface area (Å²) in [6, 6.07) is 8.53. The normalized spacial score (nSPS) is 13.2. The molecule has 1 unspecified atom stereocenters. The van der Waals surface area contributed by atoms with Crippen LogP contribution in [0.25, 0.3) is 0 Å². The number of ether oxygens (including phenoxy) is 1. The molecule has 1 aromatic carbocycles. The smallest absolute Gasteiger partial charge is 0.422 e. The zero-order chi connectivity index (χ0) is 22.1. The van der Waals surface area contributed by atoms with Crippen LogP contribution >= 0.6 is 0 Å². The number of guanidine groups is 1. The first-order chi connectivity index (χ1) is 14.2. The number of halogens is 3. The van der Waals surface area contributed by atoms with Gasteiger partial charge in [-0.3, -0.25) is 4.68 Å². The SMILES string of the molecule is CCNC(=NCc1ccc(OCC(F)(F)F)cc1)NCC(C)Cn1nc(C)cc1C. The minimum atomic E-state index is -4.35. The van der Waals surface area contributed by atoms with Gasteiger partial charge in [-0.05, 0) is 50.5 Å². The summed E-state index contributed by atoms with van der Waals surface area (Å²) in [6.45, 7) is 9.54. The molecule has 1 aromatic heterocycles. The highest BCUT2D eigenvalue weighted by atomic mass is 19.4. The van der Waals surface area contributed by atoms with Crippen molar-refractivity contribution in [3.8, 4) is 5.75 Å². The van der Waals surface area contributed by atoms with Crippen LogP contribution in [-0.4, -0.2) is 41.6 Å². The molecule has 2 aromatic rings. The molecule has 0 spiro atoms. The number of nitrogens with zero attached hydrogens (tertiary/aromatic N) is 3. The number of rotatable bonds is 9. The Balaban J connectivity index is 1.86. The van der Waals surface area contributed by atoms with Crippen LogP contribution < -0.4 is 15.4 Å². The quantitative estimate of drug-likeness (QED) is 0.474. The first-order valence-electron chi connectivity index (χ1n) is 9.98. The van der Waals surface area contributed by atoms with E-state index in [0.29, 0.717) is 18.4 Å². The second-order valence-electron chi connectivity index (χ2n) is 7.34. The second kappa shape index (κ2) is 10.9. The van der Waals surface area contributed by atoms with Crippen LogP contribution in [0.4, 0.5) is 13.2 Å². The third-order valence-electron chi connectivity index (χ3n) is 4.30. The number of alkyl halides is 3. The molecule has 2 rings (SSSR count). The molecule has 1 heterocycles. The molecule has 0 aliphatic heterocycles. The van der Waals surface area contributed by atoms with Crippen molar-refractivity contribution in [2.24, 2.45) is 10.9 Å². The van der Waals surface area contributed by atoms with Gasteiger partial charge in [-0.2, -0.15) is 18.3 Å². The molecule has 0 bridgehead atoms. The first-order valence-corrected chi connectivity index (χ1v) is 9.98. The molecule has 9 heteroatoms. The number of benzene rings is 1. The monoisotopic (exact) mass is 425 g/mol. The van der Waals surface area contributed by atoms with Crippen molar-refractivity contribution in [2.45, 2.75) is 47.0 Å². The Hall–Kier alpha value is -2.71. The third kappa shape index (κ3) is 8.34. The Morgan fingerprint density at radius 1 is 1.20 bits per heavy atom. The lowest BCUT2D eigenvalue weighted by Crippen LogP contribution is -2.40. The number of hydrogen-bond donors (Lipinski definition) is 2. The van der Waals surface area contributed by atoms with Gasteiger partial charge in [0.25, 0.3) is 0 Å². The maximum atomic E-state index is 12.2. The minimum Gasteiger partial charge on any atom is -0.484 e. The van der Waals surface area contributed by atoms with E-state index in [4.69, 9.17) is 4.74 Å². The van der Waals surface area contributed by atoms with Crippen molar-refractivity contribution < 1.29 is 17.9 Å². The van der Waals surface area contributed by atoms with Crippen molar-refractivity contribution >= 4 is 5.96 Å². The number of aryl methyl sites for hydroxylation is 2.